The van der Waals surface area contributed by atoms with E-state index in [1.807, 2.05) is 54.6 Å². The van der Waals surface area contributed by atoms with Gasteiger partial charge in [-0.3, -0.25) is 0 Å². The van der Waals surface area contributed by atoms with Crippen LogP contribution in [-0.2, 0) is 6.54 Å². The third kappa shape index (κ3) is 5.21. The maximum Gasteiger partial charge on any atom is 0.317 e. The van der Waals surface area contributed by atoms with Gasteiger partial charge in [-0.05, 0) is 42.0 Å². The molecule has 196 valence electrons. The van der Waals surface area contributed by atoms with Crippen LogP contribution in [0.3, 0.4) is 0 Å². The molecule has 11 heteroatoms. The van der Waals surface area contributed by atoms with Gasteiger partial charge in [-0.1, -0.05) is 29.8 Å². The maximum atomic E-state index is 12.8. The number of nitrogen functional groups attached to an aromatic ring is 1. The van der Waals surface area contributed by atoms with Gasteiger partial charge in [0.1, 0.15) is 5.52 Å². The van der Waals surface area contributed by atoms with Crippen molar-refractivity contribution in [2.45, 2.75) is 6.54 Å². The molecule has 3 heterocycles. The number of anilines is 2. The van der Waals surface area contributed by atoms with Crippen LogP contribution in [0.1, 0.15) is 5.56 Å². The summed E-state index contributed by atoms with van der Waals surface area (Å²) in [5, 5.41) is 3.58. The number of piperazine rings is 1. The Morgan fingerprint density at radius 2 is 1.74 bits per heavy atom. The van der Waals surface area contributed by atoms with Crippen LogP contribution in [0.25, 0.3) is 22.3 Å². The molecule has 0 atom stereocenters. The first kappa shape index (κ1) is 25.3. The highest BCUT2D eigenvalue weighted by Crippen LogP contribution is 2.33. The van der Waals surface area contributed by atoms with E-state index in [1.54, 1.807) is 19.1 Å². The van der Waals surface area contributed by atoms with E-state index >= 15 is 0 Å². The second-order valence-electron chi connectivity index (χ2n) is 8.76. The number of pyridine rings is 1. The van der Waals surface area contributed by atoms with E-state index in [1.165, 1.54) is 0 Å². The molecular formula is C27H28ClN7O3. The smallest absolute Gasteiger partial charge is 0.317 e. The van der Waals surface area contributed by atoms with Crippen molar-refractivity contribution in [3.05, 3.63) is 65.2 Å². The van der Waals surface area contributed by atoms with Crippen LogP contribution in [-0.4, -0.2) is 66.3 Å². The zero-order valence-corrected chi connectivity index (χ0v) is 21.9. The summed E-state index contributed by atoms with van der Waals surface area (Å²) in [4.78, 5) is 30.4. The number of benzene rings is 2. The van der Waals surface area contributed by atoms with Gasteiger partial charge in [0.15, 0.2) is 17.3 Å². The number of halogens is 1. The Morgan fingerprint density at radius 1 is 0.974 bits per heavy atom. The molecule has 3 N–H and O–H groups in total. The number of ether oxygens (including phenoxy) is 2. The first-order valence-electron chi connectivity index (χ1n) is 12.1. The zero-order chi connectivity index (χ0) is 26.6. The molecule has 0 unspecified atom stereocenters. The van der Waals surface area contributed by atoms with E-state index in [4.69, 9.17) is 31.8 Å². The lowest BCUT2D eigenvalue weighted by atomic mass is 10.1. The molecule has 4 aromatic rings. The van der Waals surface area contributed by atoms with E-state index in [0.29, 0.717) is 66.1 Å². The van der Waals surface area contributed by atoms with Gasteiger partial charge in [-0.15, -0.1) is 0 Å². The number of nitrogens with zero attached hydrogens (tertiary/aromatic N) is 5. The minimum atomic E-state index is -0.134. The third-order valence-electron chi connectivity index (χ3n) is 6.47. The fourth-order valence-corrected chi connectivity index (χ4v) is 4.64. The molecule has 1 aliphatic rings. The predicted octanol–water partition coefficient (Wildman–Crippen LogP) is 3.98. The van der Waals surface area contributed by atoms with Gasteiger partial charge < -0.3 is 30.3 Å². The van der Waals surface area contributed by atoms with Crippen molar-refractivity contribution in [2.75, 3.05) is 51.0 Å². The predicted molar refractivity (Wildman–Crippen MR) is 148 cm³/mol. The van der Waals surface area contributed by atoms with Crippen LogP contribution in [0.5, 0.6) is 11.5 Å². The molecular weight excluding hydrogens is 506 g/mol. The molecule has 1 aliphatic heterocycles. The molecule has 2 aromatic heterocycles. The van der Waals surface area contributed by atoms with Gasteiger partial charge in [0.2, 0.25) is 5.95 Å². The average Bonchev–Trinajstić information content (AvgIpc) is 2.95. The Balaban J connectivity index is 1.34. The Kier molecular flexibility index (Phi) is 7.32. The van der Waals surface area contributed by atoms with Crippen molar-refractivity contribution < 1.29 is 14.3 Å². The van der Waals surface area contributed by atoms with Crippen LogP contribution in [0.4, 0.5) is 16.6 Å². The second kappa shape index (κ2) is 11.0. The number of hydrogen-bond acceptors (Lipinski definition) is 8. The lowest BCUT2D eigenvalue weighted by molar-refractivity contribution is 0.194. The van der Waals surface area contributed by atoms with Gasteiger partial charge in [0.25, 0.3) is 0 Å². The minimum Gasteiger partial charge on any atom is -0.493 e. The molecule has 10 nitrogen and oxygen atoms in total. The molecule has 0 radical (unpaired) electrons. The molecule has 5 rings (SSSR count). The molecule has 38 heavy (non-hydrogen) atoms. The Bertz CT molecular complexity index is 1470. The SMILES string of the molecule is COc1ccc(-c2ccc3nc(N)nc(N4CCN(C(=O)NCc5ccccc5Cl)CC4)c3n2)cc1OC. The maximum absolute atomic E-state index is 12.8. The fraction of sp³-hybridized carbons (Fsp3) is 0.259. The Hall–Kier alpha value is -4.31. The lowest BCUT2D eigenvalue weighted by Crippen LogP contribution is -2.52. The van der Waals surface area contributed by atoms with Crippen molar-refractivity contribution in [3.8, 4) is 22.8 Å². The van der Waals surface area contributed by atoms with E-state index in [9.17, 15) is 4.79 Å². The minimum absolute atomic E-state index is 0.134. The van der Waals surface area contributed by atoms with Crippen molar-refractivity contribution in [2.24, 2.45) is 0 Å². The molecule has 2 amide bonds. The van der Waals surface area contributed by atoms with E-state index in [0.717, 1.165) is 16.8 Å². The highest BCUT2D eigenvalue weighted by Gasteiger charge is 2.24. The van der Waals surface area contributed by atoms with Crippen molar-refractivity contribution in [1.82, 2.24) is 25.2 Å². The van der Waals surface area contributed by atoms with E-state index in [-0.39, 0.29) is 12.0 Å². The topological polar surface area (TPSA) is 119 Å². The monoisotopic (exact) mass is 533 g/mol. The van der Waals surface area contributed by atoms with Crippen molar-refractivity contribution in [3.63, 3.8) is 0 Å². The number of aromatic nitrogens is 3. The van der Waals surface area contributed by atoms with Crippen LogP contribution in [0, 0.1) is 0 Å². The molecule has 0 spiro atoms. The highest BCUT2D eigenvalue weighted by atomic mass is 35.5. The third-order valence-corrected chi connectivity index (χ3v) is 6.84. The number of nitrogens with one attached hydrogen (secondary N) is 1. The molecule has 1 saturated heterocycles. The number of hydrogen-bond donors (Lipinski definition) is 2. The summed E-state index contributed by atoms with van der Waals surface area (Å²) in [6, 6.07) is 16.8. The molecule has 0 saturated carbocycles. The van der Waals surface area contributed by atoms with Gasteiger partial charge >= 0.3 is 6.03 Å². The summed E-state index contributed by atoms with van der Waals surface area (Å²) >= 11 is 6.21. The summed E-state index contributed by atoms with van der Waals surface area (Å²) in [7, 11) is 3.20. The summed E-state index contributed by atoms with van der Waals surface area (Å²) in [6.45, 7) is 2.57. The molecule has 0 bridgehead atoms. The molecule has 2 aromatic carbocycles. The summed E-state index contributed by atoms with van der Waals surface area (Å²) in [5.74, 6) is 2.08. The van der Waals surface area contributed by atoms with Gasteiger partial charge in [-0.2, -0.15) is 4.98 Å². The van der Waals surface area contributed by atoms with Gasteiger partial charge in [0, 0.05) is 43.3 Å². The Morgan fingerprint density at radius 3 is 2.47 bits per heavy atom. The Labute approximate surface area is 225 Å². The van der Waals surface area contributed by atoms with Crippen molar-refractivity contribution in [1.29, 1.82) is 0 Å². The van der Waals surface area contributed by atoms with Crippen LogP contribution >= 0.6 is 11.6 Å². The normalized spacial score (nSPS) is 13.4. The van der Waals surface area contributed by atoms with Gasteiger partial charge in [-0.25, -0.2) is 14.8 Å². The number of rotatable bonds is 6. The standard InChI is InChI=1S/C27H28ClN7O3/c1-37-22-10-7-17(15-23(22)38-2)20-8-9-21-24(31-20)25(33-26(29)32-21)34-11-13-35(14-12-34)27(36)30-16-18-5-3-4-6-19(18)28/h3-10,15H,11-14,16H2,1-2H3,(H,30,36)(H2,29,32,33). The van der Waals surface area contributed by atoms with Crippen LogP contribution in [0.2, 0.25) is 5.02 Å². The number of methoxy groups -OCH3 is 2. The number of amides is 2. The molecule has 1 fully saturated rings. The first-order valence-corrected chi connectivity index (χ1v) is 12.5. The average molecular weight is 534 g/mol. The summed E-state index contributed by atoms with van der Waals surface area (Å²) in [5.41, 5.74) is 9.82. The molecule has 0 aliphatic carbocycles. The van der Waals surface area contributed by atoms with E-state index < -0.39 is 0 Å². The summed E-state index contributed by atoms with van der Waals surface area (Å²) in [6.07, 6.45) is 0. The number of nitrogens with two attached hydrogens (primary N) is 1. The van der Waals surface area contributed by atoms with Crippen LogP contribution in [0.15, 0.2) is 54.6 Å². The van der Waals surface area contributed by atoms with Crippen molar-refractivity contribution >= 4 is 40.4 Å². The zero-order valence-electron chi connectivity index (χ0n) is 21.1. The number of carbonyl (C=O) groups excluding carboxylic acids is 1. The van der Waals surface area contributed by atoms with Crippen LogP contribution < -0.4 is 25.4 Å². The number of urea groups is 1. The first-order chi connectivity index (χ1) is 18.5. The number of carbonyl (C=O) groups is 1. The number of fused-ring (bicyclic) bond motifs is 1. The van der Waals surface area contributed by atoms with E-state index in [2.05, 4.69) is 20.2 Å². The quantitative estimate of drug-likeness (QED) is 0.382. The fourth-order valence-electron chi connectivity index (χ4n) is 4.44. The lowest BCUT2D eigenvalue weighted by Gasteiger charge is -2.35. The largest absolute Gasteiger partial charge is 0.493 e. The second-order valence-corrected chi connectivity index (χ2v) is 9.17. The summed E-state index contributed by atoms with van der Waals surface area (Å²) < 4.78 is 10.8. The highest BCUT2D eigenvalue weighted by molar-refractivity contribution is 6.31. The van der Waals surface area contributed by atoms with Gasteiger partial charge in [0.05, 0.1) is 25.4 Å².